The molecule has 0 aliphatic carbocycles. The van der Waals surface area contributed by atoms with Crippen LogP contribution in [0.25, 0.3) is 0 Å². The number of alkyl halides is 3. The van der Waals surface area contributed by atoms with Gasteiger partial charge >= 0.3 is 6.18 Å². The molecule has 0 aliphatic heterocycles. The molecular weight excluding hydrogens is 265 g/mol. The first-order valence-corrected chi connectivity index (χ1v) is 5.85. The Kier molecular flexibility index (Phi) is 3.66. The van der Waals surface area contributed by atoms with Crippen molar-refractivity contribution in [1.29, 1.82) is 5.26 Å². The highest BCUT2D eigenvalue weighted by atomic mass is 19.4. The molecule has 2 aromatic carbocycles. The van der Waals surface area contributed by atoms with Crippen LogP contribution in [0.3, 0.4) is 0 Å². The third-order valence-electron chi connectivity index (χ3n) is 2.86. The maximum atomic E-state index is 12.7. The van der Waals surface area contributed by atoms with Crippen LogP contribution in [0.1, 0.15) is 16.7 Å². The van der Waals surface area contributed by atoms with E-state index in [2.05, 4.69) is 5.32 Å². The maximum Gasteiger partial charge on any atom is 0.416 e. The molecule has 0 amide bonds. The zero-order valence-corrected chi connectivity index (χ0v) is 10.6. The fraction of sp³-hybridized carbons (Fsp3) is 0.133. The highest BCUT2D eigenvalue weighted by Gasteiger charge is 2.30. The van der Waals surface area contributed by atoms with E-state index in [0.717, 1.165) is 12.1 Å². The van der Waals surface area contributed by atoms with Gasteiger partial charge in [0, 0.05) is 11.4 Å². The summed E-state index contributed by atoms with van der Waals surface area (Å²) in [5.41, 5.74) is 1.54. The van der Waals surface area contributed by atoms with Crippen LogP contribution in [-0.2, 0) is 6.18 Å². The van der Waals surface area contributed by atoms with Crippen LogP contribution >= 0.6 is 0 Å². The molecule has 0 bridgehead atoms. The Bertz CT molecular complexity index is 652. The molecule has 1 N–H and O–H groups in total. The lowest BCUT2D eigenvalue weighted by Gasteiger charge is -2.13. The lowest BCUT2D eigenvalue weighted by molar-refractivity contribution is -0.137. The highest BCUT2D eigenvalue weighted by Crippen LogP contribution is 2.33. The summed E-state index contributed by atoms with van der Waals surface area (Å²) in [4.78, 5) is 0. The van der Waals surface area contributed by atoms with E-state index in [0.29, 0.717) is 22.5 Å². The number of nitriles is 1. The molecular formula is C15H11F3N2. The van der Waals surface area contributed by atoms with Gasteiger partial charge in [-0.2, -0.15) is 18.4 Å². The van der Waals surface area contributed by atoms with Gasteiger partial charge in [0.05, 0.1) is 17.2 Å². The van der Waals surface area contributed by atoms with Crippen molar-refractivity contribution < 1.29 is 13.2 Å². The number of nitrogens with zero attached hydrogens (tertiary/aromatic N) is 1. The zero-order chi connectivity index (χ0) is 14.8. The van der Waals surface area contributed by atoms with Gasteiger partial charge in [-0.1, -0.05) is 6.07 Å². The van der Waals surface area contributed by atoms with Crippen LogP contribution in [0.5, 0.6) is 0 Å². The summed E-state index contributed by atoms with van der Waals surface area (Å²) in [5.74, 6) is 0. The van der Waals surface area contributed by atoms with Crippen molar-refractivity contribution in [1.82, 2.24) is 0 Å². The minimum atomic E-state index is -4.37. The summed E-state index contributed by atoms with van der Waals surface area (Å²) in [5, 5.41) is 11.6. The van der Waals surface area contributed by atoms with E-state index in [-0.39, 0.29) is 0 Å². The van der Waals surface area contributed by atoms with Gasteiger partial charge in [-0.15, -0.1) is 0 Å². The third kappa shape index (κ3) is 3.09. The van der Waals surface area contributed by atoms with Crippen LogP contribution in [0, 0.1) is 18.3 Å². The largest absolute Gasteiger partial charge is 0.416 e. The fourth-order valence-electron chi connectivity index (χ4n) is 1.72. The van der Waals surface area contributed by atoms with Gasteiger partial charge in [0.1, 0.15) is 0 Å². The SMILES string of the molecule is Cc1ccc(C(F)(F)F)cc1Nc1ccc(C#N)cc1. The smallest absolute Gasteiger partial charge is 0.355 e. The first-order valence-electron chi connectivity index (χ1n) is 5.85. The number of hydrogen-bond acceptors (Lipinski definition) is 2. The van der Waals surface area contributed by atoms with Crippen LogP contribution in [0.15, 0.2) is 42.5 Å². The number of halogens is 3. The second-order valence-electron chi connectivity index (χ2n) is 4.34. The van der Waals surface area contributed by atoms with Gasteiger partial charge in [0.2, 0.25) is 0 Å². The van der Waals surface area contributed by atoms with E-state index in [1.165, 1.54) is 6.07 Å². The molecule has 5 heteroatoms. The average Bonchev–Trinajstić information content (AvgIpc) is 2.41. The standard InChI is InChI=1S/C15H11F3N2/c1-10-2-5-12(15(16,17)18)8-14(10)20-13-6-3-11(9-19)4-7-13/h2-8,20H,1H3. The number of nitrogens with one attached hydrogen (secondary N) is 1. The molecule has 0 saturated heterocycles. The lowest BCUT2D eigenvalue weighted by atomic mass is 10.1. The molecule has 0 unspecified atom stereocenters. The molecule has 20 heavy (non-hydrogen) atoms. The summed E-state index contributed by atoms with van der Waals surface area (Å²) in [6.45, 7) is 1.73. The first kappa shape index (κ1) is 13.9. The Balaban J connectivity index is 2.30. The summed E-state index contributed by atoms with van der Waals surface area (Å²) in [6.07, 6.45) is -4.37. The Morgan fingerprint density at radius 3 is 2.25 bits per heavy atom. The Morgan fingerprint density at radius 2 is 1.70 bits per heavy atom. The molecule has 2 nitrogen and oxygen atoms in total. The Morgan fingerprint density at radius 1 is 1.05 bits per heavy atom. The summed E-state index contributed by atoms with van der Waals surface area (Å²) in [7, 11) is 0. The molecule has 0 aliphatic rings. The molecule has 0 spiro atoms. The van der Waals surface area contributed by atoms with Crippen molar-refractivity contribution >= 4 is 11.4 Å². The lowest BCUT2D eigenvalue weighted by Crippen LogP contribution is -2.06. The number of hydrogen-bond donors (Lipinski definition) is 1. The third-order valence-corrected chi connectivity index (χ3v) is 2.86. The van der Waals surface area contributed by atoms with Gasteiger partial charge in [-0.3, -0.25) is 0 Å². The molecule has 0 saturated carbocycles. The van der Waals surface area contributed by atoms with Gasteiger partial charge in [0.15, 0.2) is 0 Å². The second kappa shape index (κ2) is 5.25. The first-order chi connectivity index (χ1) is 9.40. The molecule has 0 aromatic heterocycles. The predicted octanol–water partition coefficient (Wildman–Crippen LogP) is 4.63. The van der Waals surface area contributed by atoms with E-state index < -0.39 is 11.7 Å². The highest BCUT2D eigenvalue weighted by molar-refractivity contribution is 5.64. The van der Waals surface area contributed by atoms with Crippen LogP contribution in [0.4, 0.5) is 24.5 Å². The minimum absolute atomic E-state index is 0.393. The quantitative estimate of drug-likeness (QED) is 0.868. The molecule has 2 aromatic rings. The predicted molar refractivity (Wildman–Crippen MR) is 70.6 cm³/mol. The molecule has 0 heterocycles. The topological polar surface area (TPSA) is 35.8 Å². The Labute approximate surface area is 114 Å². The van der Waals surface area contributed by atoms with Crippen molar-refractivity contribution in [3.8, 4) is 6.07 Å². The van der Waals surface area contributed by atoms with Crippen molar-refractivity contribution in [2.45, 2.75) is 13.1 Å². The van der Waals surface area contributed by atoms with Crippen molar-refractivity contribution in [2.75, 3.05) is 5.32 Å². The van der Waals surface area contributed by atoms with E-state index in [1.54, 1.807) is 31.2 Å². The molecule has 0 fully saturated rings. The van der Waals surface area contributed by atoms with E-state index in [9.17, 15) is 13.2 Å². The van der Waals surface area contributed by atoms with E-state index >= 15 is 0 Å². The number of anilines is 2. The van der Waals surface area contributed by atoms with Gasteiger partial charge < -0.3 is 5.32 Å². The summed E-state index contributed by atoms with van der Waals surface area (Å²) < 4.78 is 38.0. The number of rotatable bonds is 2. The molecule has 0 atom stereocenters. The zero-order valence-electron chi connectivity index (χ0n) is 10.6. The maximum absolute atomic E-state index is 12.7. The van der Waals surface area contributed by atoms with Gasteiger partial charge in [-0.25, -0.2) is 0 Å². The van der Waals surface area contributed by atoms with Crippen molar-refractivity contribution in [3.05, 3.63) is 59.2 Å². The average molecular weight is 276 g/mol. The van der Waals surface area contributed by atoms with Crippen molar-refractivity contribution in [2.24, 2.45) is 0 Å². The van der Waals surface area contributed by atoms with Gasteiger partial charge in [-0.05, 0) is 48.9 Å². The van der Waals surface area contributed by atoms with Crippen LogP contribution < -0.4 is 5.32 Å². The Hall–Kier alpha value is -2.48. The molecule has 2 rings (SSSR count). The normalized spacial score (nSPS) is 10.9. The minimum Gasteiger partial charge on any atom is -0.355 e. The second-order valence-corrected chi connectivity index (χ2v) is 4.34. The van der Waals surface area contributed by atoms with Gasteiger partial charge in [0.25, 0.3) is 0 Å². The van der Waals surface area contributed by atoms with Crippen molar-refractivity contribution in [3.63, 3.8) is 0 Å². The number of aryl methyl sites for hydroxylation is 1. The summed E-state index contributed by atoms with van der Waals surface area (Å²) >= 11 is 0. The van der Waals surface area contributed by atoms with E-state index in [4.69, 9.17) is 5.26 Å². The van der Waals surface area contributed by atoms with Crippen LogP contribution in [0.2, 0.25) is 0 Å². The monoisotopic (exact) mass is 276 g/mol. The fourth-order valence-corrected chi connectivity index (χ4v) is 1.72. The molecule has 0 radical (unpaired) electrons. The van der Waals surface area contributed by atoms with E-state index in [1.807, 2.05) is 6.07 Å². The van der Waals surface area contributed by atoms with Crippen LogP contribution in [-0.4, -0.2) is 0 Å². The molecule has 102 valence electrons. The number of benzene rings is 2. The summed E-state index contributed by atoms with van der Waals surface area (Å²) in [6, 6.07) is 12.0.